The van der Waals surface area contributed by atoms with Gasteiger partial charge in [-0.05, 0) is 25.3 Å². The van der Waals surface area contributed by atoms with E-state index in [9.17, 15) is 9.90 Å². The summed E-state index contributed by atoms with van der Waals surface area (Å²) >= 11 is 0. The molecule has 0 radical (unpaired) electrons. The molecule has 0 saturated heterocycles. The van der Waals surface area contributed by atoms with Crippen molar-refractivity contribution in [3.63, 3.8) is 0 Å². The lowest BCUT2D eigenvalue weighted by Gasteiger charge is -2.20. The number of allylic oxidation sites excluding steroid dienone is 1. The Balaban J connectivity index is 4.88. The minimum Gasteiger partial charge on any atom is -0.506 e. The number of hydrogen-bond acceptors (Lipinski definition) is 2. The Morgan fingerprint density at radius 2 is 1.88 bits per heavy atom. The molecule has 0 spiro atoms. The van der Waals surface area contributed by atoms with E-state index in [1.54, 1.807) is 0 Å². The zero-order valence-corrected chi connectivity index (χ0v) is 11.7. The van der Waals surface area contributed by atoms with Crippen LogP contribution in [0.15, 0.2) is 23.6 Å². The zero-order chi connectivity index (χ0) is 13.6. The molecule has 0 aromatic rings. The van der Waals surface area contributed by atoms with Crippen molar-refractivity contribution in [3.8, 4) is 0 Å². The van der Waals surface area contributed by atoms with Crippen molar-refractivity contribution < 1.29 is 9.90 Å². The number of hydrogen-bond donors (Lipinski definition) is 2. The molecule has 0 atom stereocenters. The summed E-state index contributed by atoms with van der Waals surface area (Å²) in [4.78, 5) is 11.9. The van der Waals surface area contributed by atoms with Crippen LogP contribution >= 0.6 is 0 Å². The van der Waals surface area contributed by atoms with Gasteiger partial charge in [0.25, 0.3) is 0 Å². The molecule has 1 amide bonds. The third-order valence-corrected chi connectivity index (χ3v) is 2.54. The van der Waals surface area contributed by atoms with Crippen LogP contribution < -0.4 is 5.32 Å². The highest BCUT2D eigenvalue weighted by Crippen LogP contribution is 2.18. The van der Waals surface area contributed by atoms with Crippen molar-refractivity contribution >= 4 is 5.91 Å². The molecule has 2 N–H and O–H groups in total. The molecule has 0 saturated carbocycles. The van der Waals surface area contributed by atoms with Gasteiger partial charge < -0.3 is 10.4 Å². The monoisotopic (exact) mass is 239 g/mol. The van der Waals surface area contributed by atoms with Crippen LogP contribution in [0, 0.1) is 5.41 Å². The average molecular weight is 239 g/mol. The Hall–Kier alpha value is -1.25. The lowest BCUT2D eigenvalue weighted by molar-refractivity contribution is -0.127. The van der Waals surface area contributed by atoms with Crippen molar-refractivity contribution in [2.75, 3.05) is 0 Å². The number of carbonyl (C=O) groups excluding carboxylic acids is 1. The summed E-state index contributed by atoms with van der Waals surface area (Å²) in [6.07, 6.45) is 2.97. The molecule has 0 aromatic heterocycles. The third kappa shape index (κ3) is 5.57. The van der Waals surface area contributed by atoms with Crippen LogP contribution in [0.2, 0.25) is 0 Å². The predicted octanol–water partition coefficient (Wildman–Crippen LogP) is 3.68. The molecular weight excluding hydrogens is 214 g/mol. The minimum absolute atomic E-state index is 0.0730. The SMILES string of the molecule is C=C(O)/C(NC(=O)C(C)(C)C)=C(\C)CCCC. The fourth-order valence-electron chi connectivity index (χ4n) is 1.29. The van der Waals surface area contributed by atoms with Crippen molar-refractivity contribution in [2.45, 2.75) is 53.9 Å². The van der Waals surface area contributed by atoms with Gasteiger partial charge in [-0.1, -0.05) is 40.7 Å². The van der Waals surface area contributed by atoms with Crippen molar-refractivity contribution in [1.82, 2.24) is 5.32 Å². The van der Waals surface area contributed by atoms with E-state index in [1.807, 2.05) is 27.7 Å². The second-order valence-corrected chi connectivity index (χ2v) is 5.41. The standard InChI is InChI=1S/C14H25NO2/c1-7-8-9-10(2)12(11(3)16)15-13(17)14(4,5)6/h16H,3,7-9H2,1-2,4-6H3,(H,15,17)/b12-10-. The molecule has 0 fully saturated rings. The Morgan fingerprint density at radius 3 is 2.24 bits per heavy atom. The quantitative estimate of drug-likeness (QED) is 0.568. The van der Waals surface area contributed by atoms with Gasteiger partial charge in [0.1, 0.15) is 5.76 Å². The highest BCUT2D eigenvalue weighted by atomic mass is 16.3. The van der Waals surface area contributed by atoms with Gasteiger partial charge in [0.15, 0.2) is 0 Å². The number of unbranched alkanes of at least 4 members (excludes halogenated alkanes) is 1. The number of amides is 1. The summed E-state index contributed by atoms with van der Waals surface area (Å²) in [6, 6.07) is 0. The van der Waals surface area contributed by atoms with E-state index in [-0.39, 0.29) is 11.7 Å². The van der Waals surface area contributed by atoms with Crippen LogP contribution in [-0.2, 0) is 4.79 Å². The fourth-order valence-corrected chi connectivity index (χ4v) is 1.29. The van der Waals surface area contributed by atoms with E-state index >= 15 is 0 Å². The van der Waals surface area contributed by atoms with E-state index in [0.29, 0.717) is 5.70 Å². The highest BCUT2D eigenvalue weighted by molar-refractivity contribution is 5.83. The van der Waals surface area contributed by atoms with Crippen LogP contribution in [0.5, 0.6) is 0 Å². The maximum atomic E-state index is 11.9. The van der Waals surface area contributed by atoms with Gasteiger partial charge in [-0.3, -0.25) is 4.79 Å². The lowest BCUT2D eigenvalue weighted by atomic mass is 9.95. The summed E-state index contributed by atoms with van der Waals surface area (Å²) < 4.78 is 0. The van der Waals surface area contributed by atoms with Crippen LogP contribution in [0.3, 0.4) is 0 Å². The van der Waals surface area contributed by atoms with Crippen LogP contribution in [0.1, 0.15) is 53.9 Å². The maximum absolute atomic E-state index is 11.9. The molecule has 0 aliphatic rings. The summed E-state index contributed by atoms with van der Waals surface area (Å²) in [7, 11) is 0. The highest BCUT2D eigenvalue weighted by Gasteiger charge is 2.23. The zero-order valence-electron chi connectivity index (χ0n) is 11.7. The van der Waals surface area contributed by atoms with Gasteiger partial charge in [0.2, 0.25) is 5.91 Å². The molecule has 98 valence electrons. The van der Waals surface area contributed by atoms with E-state index in [2.05, 4.69) is 18.8 Å². The maximum Gasteiger partial charge on any atom is 0.229 e. The van der Waals surface area contributed by atoms with Gasteiger partial charge in [0, 0.05) is 5.41 Å². The molecule has 0 aliphatic carbocycles. The molecule has 0 rings (SSSR count). The van der Waals surface area contributed by atoms with Gasteiger partial charge in [0.05, 0.1) is 5.70 Å². The first kappa shape index (κ1) is 15.8. The molecular formula is C14H25NO2. The second-order valence-electron chi connectivity index (χ2n) is 5.41. The fraction of sp³-hybridized carbons (Fsp3) is 0.643. The van der Waals surface area contributed by atoms with E-state index < -0.39 is 5.41 Å². The smallest absolute Gasteiger partial charge is 0.229 e. The van der Waals surface area contributed by atoms with Crippen molar-refractivity contribution in [3.05, 3.63) is 23.6 Å². The first-order valence-electron chi connectivity index (χ1n) is 6.09. The topological polar surface area (TPSA) is 49.3 Å². The van der Waals surface area contributed by atoms with Crippen molar-refractivity contribution in [1.29, 1.82) is 0 Å². The molecule has 0 unspecified atom stereocenters. The average Bonchev–Trinajstić information content (AvgIpc) is 2.20. The van der Waals surface area contributed by atoms with Gasteiger partial charge in [-0.15, -0.1) is 0 Å². The number of carbonyl (C=O) groups is 1. The number of nitrogens with one attached hydrogen (secondary N) is 1. The summed E-state index contributed by atoms with van der Waals surface area (Å²) in [5.74, 6) is -0.185. The van der Waals surface area contributed by atoms with Crippen LogP contribution in [0.4, 0.5) is 0 Å². The Labute approximate surface area is 105 Å². The van der Waals surface area contributed by atoms with Gasteiger partial charge in [-0.25, -0.2) is 0 Å². The Morgan fingerprint density at radius 1 is 1.35 bits per heavy atom. The molecule has 0 bridgehead atoms. The molecule has 3 nitrogen and oxygen atoms in total. The number of rotatable bonds is 5. The lowest BCUT2D eigenvalue weighted by Crippen LogP contribution is -2.35. The summed E-state index contributed by atoms with van der Waals surface area (Å²) in [5.41, 5.74) is 0.960. The normalized spacial score (nSPS) is 13.0. The molecule has 0 aliphatic heterocycles. The number of aliphatic hydroxyl groups excluding tert-OH is 1. The second kappa shape index (κ2) is 6.48. The number of aliphatic hydroxyl groups is 1. The largest absolute Gasteiger partial charge is 0.506 e. The van der Waals surface area contributed by atoms with Crippen molar-refractivity contribution in [2.24, 2.45) is 5.41 Å². The molecule has 0 heterocycles. The summed E-state index contributed by atoms with van der Waals surface area (Å²) in [6.45, 7) is 13.0. The molecule has 3 heteroatoms. The van der Waals surface area contributed by atoms with E-state index in [1.165, 1.54) is 0 Å². The molecule has 0 aromatic carbocycles. The Bertz CT molecular complexity index is 322. The Kier molecular flexibility index (Phi) is 6.00. The first-order chi connectivity index (χ1) is 7.70. The summed E-state index contributed by atoms with van der Waals surface area (Å²) in [5, 5.41) is 12.3. The van der Waals surface area contributed by atoms with E-state index in [4.69, 9.17) is 0 Å². The van der Waals surface area contributed by atoms with E-state index in [0.717, 1.165) is 24.8 Å². The van der Waals surface area contributed by atoms with Gasteiger partial charge in [-0.2, -0.15) is 0 Å². The van der Waals surface area contributed by atoms with Crippen LogP contribution in [0.25, 0.3) is 0 Å². The third-order valence-electron chi connectivity index (χ3n) is 2.54. The van der Waals surface area contributed by atoms with Crippen LogP contribution in [-0.4, -0.2) is 11.0 Å². The predicted molar refractivity (Wildman–Crippen MR) is 71.6 cm³/mol. The molecule has 17 heavy (non-hydrogen) atoms. The first-order valence-corrected chi connectivity index (χ1v) is 6.09. The van der Waals surface area contributed by atoms with Gasteiger partial charge >= 0.3 is 0 Å². The minimum atomic E-state index is -0.480.